The van der Waals surface area contributed by atoms with Gasteiger partial charge >= 0.3 is 6.01 Å². The van der Waals surface area contributed by atoms with Crippen molar-refractivity contribution in [2.24, 2.45) is 0 Å². The molecule has 35 heavy (non-hydrogen) atoms. The average molecular weight is 479 g/mol. The summed E-state index contributed by atoms with van der Waals surface area (Å²) in [7, 11) is 2.10. The van der Waals surface area contributed by atoms with Gasteiger partial charge in [0.25, 0.3) is 0 Å². The van der Waals surface area contributed by atoms with Gasteiger partial charge in [-0.05, 0) is 32.0 Å². The zero-order valence-electron chi connectivity index (χ0n) is 20.9. The largest absolute Gasteiger partial charge is 0.421 e. The second-order valence-corrected chi connectivity index (χ2v) is 10.4. The van der Waals surface area contributed by atoms with Gasteiger partial charge in [-0.15, -0.1) is 0 Å². The minimum atomic E-state index is -0.395. The van der Waals surface area contributed by atoms with Crippen LogP contribution >= 0.6 is 0 Å². The van der Waals surface area contributed by atoms with E-state index in [1.54, 1.807) is 6.07 Å². The van der Waals surface area contributed by atoms with Crippen molar-refractivity contribution in [2.75, 3.05) is 43.4 Å². The van der Waals surface area contributed by atoms with Crippen LogP contribution in [0.5, 0.6) is 11.8 Å². The number of hydrogen-bond acceptors (Lipinski definition) is 8. The topological polar surface area (TPSA) is 79.5 Å². The van der Waals surface area contributed by atoms with Crippen LogP contribution in [0.1, 0.15) is 44.6 Å². The number of nitrogens with zero attached hydrogens (tertiary/aromatic N) is 5. The Labute approximate surface area is 204 Å². The number of benzene rings is 1. The third kappa shape index (κ3) is 5.00. The molecular weight excluding hydrogens is 447 g/mol. The summed E-state index contributed by atoms with van der Waals surface area (Å²) in [6.07, 6.45) is 2.62. The highest BCUT2D eigenvalue weighted by Gasteiger charge is 2.23. The Morgan fingerprint density at radius 3 is 2.54 bits per heavy atom. The van der Waals surface area contributed by atoms with E-state index in [2.05, 4.69) is 58.1 Å². The number of ether oxygens (including phenoxy) is 1. The molecule has 1 aromatic carbocycles. The van der Waals surface area contributed by atoms with Gasteiger partial charge in [0, 0.05) is 49.3 Å². The van der Waals surface area contributed by atoms with Crippen LogP contribution in [-0.2, 0) is 11.8 Å². The van der Waals surface area contributed by atoms with Gasteiger partial charge in [-0.2, -0.15) is 9.97 Å². The smallest absolute Gasteiger partial charge is 0.326 e. The fourth-order valence-electron chi connectivity index (χ4n) is 4.24. The first-order chi connectivity index (χ1) is 16.7. The molecular formula is C26H31FN6O2. The molecule has 1 N–H and O–H groups in total. The number of likely N-dealkylation sites (N-methyl/N-ethyl adjacent to an activating group) is 1. The number of piperazine rings is 1. The predicted octanol–water partition coefficient (Wildman–Crippen LogP) is 5.15. The molecule has 0 amide bonds. The molecule has 1 aliphatic carbocycles. The van der Waals surface area contributed by atoms with Gasteiger partial charge in [0.2, 0.25) is 0 Å². The van der Waals surface area contributed by atoms with E-state index in [1.165, 1.54) is 0 Å². The number of rotatable bonds is 5. The summed E-state index contributed by atoms with van der Waals surface area (Å²) in [5.74, 6) is 2.21. The number of halogens is 1. The van der Waals surface area contributed by atoms with E-state index < -0.39 is 5.82 Å². The summed E-state index contributed by atoms with van der Waals surface area (Å²) >= 11 is 0. The second kappa shape index (κ2) is 8.96. The zero-order valence-corrected chi connectivity index (χ0v) is 20.9. The third-order valence-corrected chi connectivity index (χ3v) is 6.32. The standard InChI is InChI=1S/C26H31FN6O2/c1-16-12-17-6-7-19(24(27)18(17)13-16)34-25-29-21(28-22-14-20(35-31-22)26(2,3)4)15-23(30-25)33-10-8-32(5)9-11-33/h6-7,13-15H,8-12H2,1-5H3,(H,28,29,30,31). The maximum Gasteiger partial charge on any atom is 0.326 e. The van der Waals surface area contributed by atoms with Crippen molar-refractivity contribution in [1.82, 2.24) is 20.0 Å². The number of nitrogens with one attached hydrogen (secondary N) is 1. The predicted molar refractivity (Wildman–Crippen MR) is 134 cm³/mol. The monoisotopic (exact) mass is 478 g/mol. The molecule has 3 aromatic rings. The minimum Gasteiger partial charge on any atom is -0.421 e. The molecule has 3 heterocycles. The molecule has 0 atom stereocenters. The van der Waals surface area contributed by atoms with Gasteiger partial charge in [0.15, 0.2) is 17.4 Å². The van der Waals surface area contributed by atoms with E-state index in [0.29, 0.717) is 23.0 Å². The van der Waals surface area contributed by atoms with E-state index in [-0.39, 0.29) is 17.2 Å². The van der Waals surface area contributed by atoms with Crippen LogP contribution in [0.4, 0.5) is 21.8 Å². The lowest BCUT2D eigenvalue weighted by Gasteiger charge is -2.33. The van der Waals surface area contributed by atoms with Crippen molar-refractivity contribution in [2.45, 2.75) is 39.5 Å². The zero-order chi connectivity index (χ0) is 24.7. The molecule has 2 aliphatic rings. The minimum absolute atomic E-state index is 0.0704. The summed E-state index contributed by atoms with van der Waals surface area (Å²) in [4.78, 5) is 13.6. The second-order valence-electron chi connectivity index (χ2n) is 10.4. The van der Waals surface area contributed by atoms with Crippen molar-refractivity contribution < 1.29 is 13.7 Å². The Bertz CT molecular complexity index is 1270. The van der Waals surface area contributed by atoms with E-state index in [0.717, 1.165) is 49.5 Å². The first-order valence-corrected chi connectivity index (χ1v) is 11.9. The molecule has 0 bridgehead atoms. The summed E-state index contributed by atoms with van der Waals surface area (Å²) in [6, 6.07) is 7.32. The number of hydrogen-bond donors (Lipinski definition) is 1. The summed E-state index contributed by atoms with van der Waals surface area (Å²) in [6.45, 7) is 11.7. The van der Waals surface area contributed by atoms with Crippen molar-refractivity contribution in [3.8, 4) is 11.8 Å². The first kappa shape index (κ1) is 23.3. The van der Waals surface area contributed by atoms with Crippen molar-refractivity contribution in [3.05, 3.63) is 52.5 Å². The average Bonchev–Trinajstić information content (AvgIpc) is 3.43. The van der Waals surface area contributed by atoms with Gasteiger partial charge in [-0.25, -0.2) is 4.39 Å². The highest BCUT2D eigenvalue weighted by molar-refractivity contribution is 5.66. The fourth-order valence-corrected chi connectivity index (χ4v) is 4.24. The molecule has 0 saturated carbocycles. The molecule has 1 aliphatic heterocycles. The van der Waals surface area contributed by atoms with E-state index in [4.69, 9.17) is 9.26 Å². The number of aromatic nitrogens is 3. The molecule has 0 spiro atoms. The molecule has 1 fully saturated rings. The molecule has 8 nitrogen and oxygen atoms in total. The molecule has 2 aromatic heterocycles. The van der Waals surface area contributed by atoms with Crippen LogP contribution in [0, 0.1) is 5.82 Å². The lowest BCUT2D eigenvalue weighted by atomic mass is 9.93. The summed E-state index contributed by atoms with van der Waals surface area (Å²) in [5, 5.41) is 7.33. The number of fused-ring (bicyclic) bond motifs is 1. The van der Waals surface area contributed by atoms with Gasteiger partial charge in [-0.1, -0.05) is 43.6 Å². The third-order valence-electron chi connectivity index (χ3n) is 6.32. The highest BCUT2D eigenvalue weighted by atomic mass is 19.1. The normalized spacial score (nSPS) is 16.3. The van der Waals surface area contributed by atoms with Crippen LogP contribution in [0.2, 0.25) is 0 Å². The first-order valence-electron chi connectivity index (χ1n) is 11.9. The lowest BCUT2D eigenvalue weighted by Crippen LogP contribution is -2.44. The quantitative estimate of drug-likeness (QED) is 0.540. The van der Waals surface area contributed by atoms with Crippen molar-refractivity contribution >= 4 is 23.5 Å². The highest BCUT2D eigenvalue weighted by Crippen LogP contribution is 2.34. The SMILES string of the molecule is CC1=Cc2c(ccc(Oc3nc(Nc4cc(C(C)(C)C)on4)cc(N4CCN(C)CC4)n3)c2F)C1. The van der Waals surface area contributed by atoms with Gasteiger partial charge in [0.05, 0.1) is 0 Å². The fraction of sp³-hybridized carbons (Fsp3) is 0.423. The lowest BCUT2D eigenvalue weighted by molar-refractivity contribution is 0.311. The molecule has 1 saturated heterocycles. The van der Waals surface area contributed by atoms with Crippen LogP contribution in [0.15, 0.2) is 34.4 Å². The van der Waals surface area contributed by atoms with Crippen molar-refractivity contribution in [3.63, 3.8) is 0 Å². The Morgan fingerprint density at radius 2 is 1.83 bits per heavy atom. The Hall–Kier alpha value is -3.46. The van der Waals surface area contributed by atoms with Gasteiger partial charge in [-0.3, -0.25) is 0 Å². The Morgan fingerprint density at radius 1 is 1.06 bits per heavy atom. The van der Waals surface area contributed by atoms with Crippen LogP contribution in [0.3, 0.4) is 0 Å². The van der Waals surface area contributed by atoms with Crippen LogP contribution < -0.4 is 15.0 Å². The molecule has 0 unspecified atom stereocenters. The molecule has 184 valence electrons. The summed E-state index contributed by atoms with van der Waals surface area (Å²) < 4.78 is 26.6. The van der Waals surface area contributed by atoms with E-state index in [1.807, 2.05) is 31.2 Å². The molecule has 9 heteroatoms. The molecule has 0 radical (unpaired) electrons. The Balaban J connectivity index is 1.47. The van der Waals surface area contributed by atoms with Crippen molar-refractivity contribution in [1.29, 1.82) is 0 Å². The van der Waals surface area contributed by atoms with Crippen LogP contribution in [0.25, 0.3) is 6.08 Å². The van der Waals surface area contributed by atoms with Crippen LogP contribution in [-0.4, -0.2) is 53.3 Å². The maximum absolute atomic E-state index is 15.2. The Kier molecular flexibility index (Phi) is 5.96. The summed E-state index contributed by atoms with van der Waals surface area (Å²) in [5.41, 5.74) is 2.49. The number of anilines is 3. The number of allylic oxidation sites excluding steroid dienone is 1. The van der Waals surface area contributed by atoms with Gasteiger partial charge < -0.3 is 24.4 Å². The maximum atomic E-state index is 15.2. The van der Waals surface area contributed by atoms with E-state index in [9.17, 15) is 0 Å². The molecule has 5 rings (SSSR count). The van der Waals surface area contributed by atoms with E-state index >= 15 is 4.39 Å². The van der Waals surface area contributed by atoms with Gasteiger partial charge in [0.1, 0.15) is 17.4 Å².